The second-order valence-electron chi connectivity index (χ2n) is 4.98. The highest BCUT2D eigenvalue weighted by Gasteiger charge is 2.18. The molecule has 0 atom stereocenters. The van der Waals surface area contributed by atoms with E-state index in [0.717, 1.165) is 6.42 Å². The van der Waals surface area contributed by atoms with Crippen LogP contribution in [0.1, 0.15) is 27.2 Å². The molecule has 0 fully saturated rings. The highest BCUT2D eigenvalue weighted by molar-refractivity contribution is 8.13. The fourth-order valence-corrected chi connectivity index (χ4v) is 2.12. The van der Waals surface area contributed by atoms with E-state index in [1.807, 2.05) is 20.8 Å². The Morgan fingerprint density at radius 2 is 1.85 bits per heavy atom. The maximum absolute atomic E-state index is 11.7. The fourth-order valence-electron chi connectivity index (χ4n) is 1.35. The maximum atomic E-state index is 11.7. The molecule has 1 N–H and O–H groups in total. The minimum absolute atomic E-state index is 0.0110. The number of carbonyl (C=O) groups excluding carboxylic acids is 1. The van der Waals surface area contributed by atoms with Crippen LogP contribution >= 0.6 is 10.7 Å². The number of carbonyl (C=O) groups is 1. The van der Waals surface area contributed by atoms with Gasteiger partial charge in [0.15, 0.2) is 6.61 Å². The molecule has 0 saturated heterocycles. The molecule has 1 aromatic carbocycles. The van der Waals surface area contributed by atoms with E-state index in [0.29, 0.717) is 5.75 Å². The molecule has 7 heteroatoms. The largest absolute Gasteiger partial charge is 0.484 e. The molecular weight excluding hydrogens is 302 g/mol. The number of ether oxygens (including phenoxy) is 1. The van der Waals surface area contributed by atoms with Crippen LogP contribution in [-0.2, 0) is 13.8 Å². The van der Waals surface area contributed by atoms with Crippen molar-refractivity contribution in [1.82, 2.24) is 5.32 Å². The van der Waals surface area contributed by atoms with Gasteiger partial charge in [-0.15, -0.1) is 0 Å². The van der Waals surface area contributed by atoms with Crippen LogP contribution in [0.3, 0.4) is 0 Å². The third-order valence-corrected chi connectivity index (χ3v) is 4.21. The zero-order valence-corrected chi connectivity index (χ0v) is 13.2. The maximum Gasteiger partial charge on any atom is 0.261 e. The van der Waals surface area contributed by atoms with Crippen LogP contribution in [0.4, 0.5) is 0 Å². The number of rotatable bonds is 6. The summed E-state index contributed by atoms with van der Waals surface area (Å²) in [4.78, 5) is 11.7. The van der Waals surface area contributed by atoms with Crippen molar-refractivity contribution in [2.45, 2.75) is 37.6 Å². The summed E-state index contributed by atoms with van der Waals surface area (Å²) in [5.41, 5.74) is -0.281. The van der Waals surface area contributed by atoms with Crippen LogP contribution in [0.5, 0.6) is 5.75 Å². The quantitative estimate of drug-likeness (QED) is 0.817. The van der Waals surface area contributed by atoms with Crippen LogP contribution < -0.4 is 10.1 Å². The van der Waals surface area contributed by atoms with Crippen molar-refractivity contribution in [2.75, 3.05) is 6.61 Å². The van der Waals surface area contributed by atoms with E-state index in [2.05, 4.69) is 5.32 Å². The lowest BCUT2D eigenvalue weighted by Gasteiger charge is -2.24. The van der Waals surface area contributed by atoms with E-state index in [1.165, 1.54) is 24.3 Å². The molecule has 0 aliphatic heterocycles. The predicted octanol–water partition coefficient (Wildman–Crippen LogP) is 2.30. The van der Waals surface area contributed by atoms with Crippen molar-refractivity contribution >= 4 is 25.6 Å². The molecule has 1 rings (SSSR count). The fraction of sp³-hybridized carbons (Fsp3) is 0.462. The van der Waals surface area contributed by atoms with Crippen molar-refractivity contribution in [2.24, 2.45) is 0 Å². The normalized spacial score (nSPS) is 12.0. The Labute approximate surface area is 123 Å². The molecule has 0 bridgehead atoms. The van der Waals surface area contributed by atoms with Crippen molar-refractivity contribution in [1.29, 1.82) is 0 Å². The van der Waals surface area contributed by atoms with E-state index in [-0.39, 0.29) is 22.9 Å². The monoisotopic (exact) mass is 319 g/mol. The SMILES string of the molecule is CCC(C)(C)NC(=O)COc1ccc(S(=O)(=O)Cl)cc1. The van der Waals surface area contributed by atoms with Crippen LogP contribution in [0.25, 0.3) is 0 Å². The second kappa shape index (κ2) is 6.45. The molecule has 1 amide bonds. The van der Waals surface area contributed by atoms with Gasteiger partial charge in [-0.2, -0.15) is 0 Å². The van der Waals surface area contributed by atoms with Crippen molar-refractivity contribution in [3.8, 4) is 5.75 Å². The van der Waals surface area contributed by atoms with Gasteiger partial charge in [-0.3, -0.25) is 4.79 Å². The number of benzene rings is 1. The molecule has 20 heavy (non-hydrogen) atoms. The molecule has 112 valence electrons. The lowest BCUT2D eigenvalue weighted by Crippen LogP contribution is -2.44. The molecule has 5 nitrogen and oxygen atoms in total. The lowest BCUT2D eigenvalue weighted by molar-refractivity contribution is -0.124. The van der Waals surface area contributed by atoms with E-state index in [1.54, 1.807) is 0 Å². The number of hydrogen-bond acceptors (Lipinski definition) is 4. The van der Waals surface area contributed by atoms with Gasteiger partial charge in [0.05, 0.1) is 4.90 Å². The first kappa shape index (κ1) is 16.8. The molecule has 0 radical (unpaired) electrons. The summed E-state index contributed by atoms with van der Waals surface area (Å²) >= 11 is 0. The Morgan fingerprint density at radius 1 is 1.30 bits per heavy atom. The summed E-state index contributed by atoms with van der Waals surface area (Å²) in [6.45, 7) is 5.69. The number of amides is 1. The number of nitrogens with one attached hydrogen (secondary N) is 1. The molecule has 0 unspecified atom stereocenters. The Hall–Kier alpha value is -1.27. The van der Waals surface area contributed by atoms with Crippen molar-refractivity contribution < 1.29 is 17.9 Å². The van der Waals surface area contributed by atoms with Crippen LogP contribution in [-0.4, -0.2) is 26.5 Å². The van der Waals surface area contributed by atoms with Crippen molar-refractivity contribution in [3.63, 3.8) is 0 Å². The predicted molar refractivity (Wildman–Crippen MR) is 77.5 cm³/mol. The third kappa shape index (κ3) is 5.38. The van der Waals surface area contributed by atoms with E-state index < -0.39 is 9.05 Å². The van der Waals surface area contributed by atoms with E-state index in [4.69, 9.17) is 15.4 Å². The summed E-state index contributed by atoms with van der Waals surface area (Å²) in [7, 11) is 1.45. The summed E-state index contributed by atoms with van der Waals surface area (Å²) in [5, 5.41) is 2.83. The van der Waals surface area contributed by atoms with Gasteiger partial charge in [0.2, 0.25) is 0 Å². The minimum atomic E-state index is -3.74. The summed E-state index contributed by atoms with van der Waals surface area (Å²) in [5.74, 6) is 0.171. The lowest BCUT2D eigenvalue weighted by atomic mass is 10.0. The molecule has 0 saturated carbocycles. The van der Waals surface area contributed by atoms with E-state index in [9.17, 15) is 13.2 Å². The number of halogens is 1. The minimum Gasteiger partial charge on any atom is -0.484 e. The number of hydrogen-bond donors (Lipinski definition) is 1. The molecule has 0 aliphatic rings. The highest BCUT2D eigenvalue weighted by atomic mass is 35.7. The van der Waals surface area contributed by atoms with Crippen LogP contribution in [0.15, 0.2) is 29.2 Å². The second-order valence-corrected chi connectivity index (χ2v) is 7.55. The van der Waals surface area contributed by atoms with Gasteiger partial charge in [0.25, 0.3) is 15.0 Å². The Balaban J connectivity index is 2.57. The molecule has 0 heterocycles. The summed E-state index contributed by atoms with van der Waals surface area (Å²) < 4.78 is 27.4. The third-order valence-electron chi connectivity index (χ3n) is 2.84. The zero-order chi connectivity index (χ0) is 15.4. The molecule has 0 aromatic heterocycles. The molecule has 0 spiro atoms. The van der Waals surface area contributed by atoms with Gasteiger partial charge in [-0.25, -0.2) is 8.42 Å². The van der Waals surface area contributed by atoms with E-state index >= 15 is 0 Å². The Bertz CT molecular complexity index is 567. The highest BCUT2D eigenvalue weighted by Crippen LogP contribution is 2.19. The van der Waals surface area contributed by atoms with Gasteiger partial charge < -0.3 is 10.1 Å². The first-order chi connectivity index (χ1) is 9.14. The first-order valence-electron chi connectivity index (χ1n) is 6.12. The first-order valence-corrected chi connectivity index (χ1v) is 8.43. The standard InChI is InChI=1S/C13H18ClNO4S/c1-4-13(2,3)15-12(16)9-19-10-5-7-11(8-6-10)20(14,17)18/h5-8H,4,9H2,1-3H3,(H,15,16). The topological polar surface area (TPSA) is 72.5 Å². The Morgan fingerprint density at radius 3 is 2.30 bits per heavy atom. The van der Waals surface area contributed by atoms with Gasteiger partial charge >= 0.3 is 0 Å². The van der Waals surface area contributed by atoms with Gasteiger partial charge in [-0.1, -0.05) is 6.92 Å². The van der Waals surface area contributed by atoms with Crippen LogP contribution in [0.2, 0.25) is 0 Å². The Kier molecular flexibility index (Phi) is 5.42. The molecule has 0 aliphatic carbocycles. The van der Waals surface area contributed by atoms with Gasteiger partial charge in [0, 0.05) is 16.2 Å². The van der Waals surface area contributed by atoms with Crippen LogP contribution in [0, 0.1) is 0 Å². The average molecular weight is 320 g/mol. The summed E-state index contributed by atoms with van der Waals surface area (Å²) in [6, 6.07) is 5.55. The van der Waals surface area contributed by atoms with Gasteiger partial charge in [-0.05, 0) is 44.5 Å². The molecular formula is C13H18ClNO4S. The molecule has 1 aromatic rings. The average Bonchev–Trinajstić information content (AvgIpc) is 2.35. The van der Waals surface area contributed by atoms with Gasteiger partial charge in [0.1, 0.15) is 5.75 Å². The van der Waals surface area contributed by atoms with Crippen molar-refractivity contribution in [3.05, 3.63) is 24.3 Å². The smallest absolute Gasteiger partial charge is 0.261 e. The zero-order valence-electron chi connectivity index (χ0n) is 11.6. The summed E-state index contributed by atoms with van der Waals surface area (Å²) in [6.07, 6.45) is 0.807.